The van der Waals surface area contributed by atoms with Crippen molar-refractivity contribution in [2.24, 2.45) is 0 Å². The van der Waals surface area contributed by atoms with Crippen molar-refractivity contribution < 1.29 is 15.6 Å². The molecule has 0 aliphatic rings. The van der Waals surface area contributed by atoms with Gasteiger partial charge >= 0.3 is 0 Å². The number of aliphatic carboxylic acids is 1. The molecule has 1 aromatic rings. The number of carbonyl (C=O) groups excluding carboxylic acids is 1. The number of quaternary nitrogens is 1. The lowest BCUT2D eigenvalue weighted by Crippen LogP contribution is -2.53. The second kappa shape index (κ2) is 5.51. The molecule has 0 unspecified atom stereocenters. The van der Waals surface area contributed by atoms with E-state index in [9.17, 15) is 9.90 Å². The van der Waals surface area contributed by atoms with Crippen molar-refractivity contribution in [3.05, 3.63) is 35.4 Å². The molecule has 3 heteroatoms. The zero-order chi connectivity index (χ0) is 11.3. The maximum absolute atomic E-state index is 10.3. The molecule has 0 heterocycles. The lowest BCUT2D eigenvalue weighted by Gasteiger charge is -2.09. The van der Waals surface area contributed by atoms with Crippen molar-refractivity contribution in [1.82, 2.24) is 0 Å². The summed E-state index contributed by atoms with van der Waals surface area (Å²) in [4.78, 5) is 10.3. The van der Waals surface area contributed by atoms with Crippen LogP contribution in [0.4, 0.5) is 0 Å². The first-order valence-corrected chi connectivity index (χ1v) is 5.25. The molecular weight excluding hydrogens is 190 g/mol. The first-order chi connectivity index (χ1) is 7.13. The quantitative estimate of drug-likeness (QED) is 0.742. The normalized spacial score (nSPS) is 12.4. The molecule has 1 rings (SSSR count). The Hall–Kier alpha value is -1.35. The van der Waals surface area contributed by atoms with Crippen LogP contribution >= 0.6 is 0 Å². The van der Waals surface area contributed by atoms with Crippen LogP contribution in [0.25, 0.3) is 0 Å². The number of carboxylic acid groups (broad SMARTS) is 1. The fourth-order valence-corrected chi connectivity index (χ4v) is 1.48. The van der Waals surface area contributed by atoms with Gasteiger partial charge in [-0.15, -0.1) is 0 Å². The topological polar surface area (TPSA) is 67.8 Å². The second-order valence-corrected chi connectivity index (χ2v) is 3.70. The molecule has 1 atom stereocenters. The Morgan fingerprint density at radius 2 is 2.00 bits per heavy atom. The van der Waals surface area contributed by atoms with E-state index < -0.39 is 5.97 Å². The predicted molar refractivity (Wildman–Crippen MR) is 55.7 cm³/mol. The number of hydrogen-bond acceptors (Lipinski definition) is 2. The van der Waals surface area contributed by atoms with Crippen LogP contribution in [0.2, 0.25) is 0 Å². The molecule has 3 N–H and O–H groups in total. The van der Waals surface area contributed by atoms with Gasteiger partial charge < -0.3 is 15.6 Å². The van der Waals surface area contributed by atoms with E-state index in [1.54, 1.807) is 0 Å². The monoisotopic (exact) mass is 207 g/mol. The third-order valence-electron chi connectivity index (χ3n) is 2.56. The maximum atomic E-state index is 10.3. The van der Waals surface area contributed by atoms with Crippen molar-refractivity contribution in [3.8, 4) is 0 Å². The molecule has 15 heavy (non-hydrogen) atoms. The maximum Gasteiger partial charge on any atom is 0.110 e. The Balaban J connectivity index is 2.57. The highest BCUT2D eigenvalue weighted by molar-refractivity contribution is 5.64. The fourth-order valence-electron chi connectivity index (χ4n) is 1.48. The third-order valence-corrected chi connectivity index (χ3v) is 2.56. The minimum atomic E-state index is -1.01. The van der Waals surface area contributed by atoms with E-state index in [1.807, 2.05) is 12.1 Å². The van der Waals surface area contributed by atoms with Crippen LogP contribution in [0.3, 0.4) is 0 Å². The van der Waals surface area contributed by atoms with Crippen LogP contribution in [0.1, 0.15) is 36.9 Å². The molecule has 0 spiro atoms. The lowest BCUT2D eigenvalue weighted by molar-refractivity contribution is -0.428. The molecule has 3 nitrogen and oxygen atoms in total. The first-order valence-electron chi connectivity index (χ1n) is 5.25. The van der Waals surface area contributed by atoms with Gasteiger partial charge in [-0.05, 0) is 18.4 Å². The Bertz CT molecular complexity index is 319. The average Bonchev–Trinajstić information content (AvgIpc) is 2.26. The number of carbonyl (C=O) groups is 1. The molecule has 82 valence electrons. The molecule has 0 aliphatic heterocycles. The van der Waals surface area contributed by atoms with Crippen LogP contribution in [-0.4, -0.2) is 5.97 Å². The number of benzene rings is 1. The summed E-state index contributed by atoms with van der Waals surface area (Å²) in [5, 5.41) is 10.3. The summed E-state index contributed by atoms with van der Waals surface area (Å²) >= 11 is 0. The molecule has 0 radical (unpaired) electrons. The fraction of sp³-hybridized carbons (Fsp3) is 0.417. The average molecular weight is 207 g/mol. The zero-order valence-electron chi connectivity index (χ0n) is 9.03. The van der Waals surface area contributed by atoms with Gasteiger partial charge in [0, 0.05) is 18.0 Å². The van der Waals surface area contributed by atoms with Crippen molar-refractivity contribution >= 4 is 5.97 Å². The molecule has 0 amide bonds. The lowest BCUT2D eigenvalue weighted by atomic mass is 10.0. The molecule has 0 aromatic heterocycles. The van der Waals surface area contributed by atoms with Gasteiger partial charge in [0.05, 0.1) is 0 Å². The highest BCUT2D eigenvalue weighted by Crippen LogP contribution is 2.14. The molecule has 0 bridgehead atoms. The SMILES string of the molecule is CCc1ccc([C@H]([NH3+])CCC(=O)[O-])cc1. The minimum absolute atomic E-state index is 0.0359. The van der Waals surface area contributed by atoms with Crippen LogP contribution in [-0.2, 0) is 11.2 Å². The Morgan fingerprint density at radius 3 is 2.47 bits per heavy atom. The van der Waals surface area contributed by atoms with Crippen LogP contribution in [0.15, 0.2) is 24.3 Å². The third kappa shape index (κ3) is 3.72. The summed E-state index contributed by atoms with van der Waals surface area (Å²) in [6, 6.07) is 8.20. The minimum Gasteiger partial charge on any atom is -0.550 e. The summed E-state index contributed by atoms with van der Waals surface area (Å²) in [5.41, 5.74) is 6.32. The largest absolute Gasteiger partial charge is 0.550 e. The van der Waals surface area contributed by atoms with E-state index >= 15 is 0 Å². The Kier molecular flexibility index (Phi) is 4.31. The van der Waals surface area contributed by atoms with Gasteiger partial charge in [-0.3, -0.25) is 0 Å². The van der Waals surface area contributed by atoms with Gasteiger partial charge in [-0.25, -0.2) is 0 Å². The van der Waals surface area contributed by atoms with E-state index in [2.05, 4.69) is 24.8 Å². The van der Waals surface area contributed by atoms with Crippen LogP contribution < -0.4 is 10.8 Å². The van der Waals surface area contributed by atoms with Gasteiger partial charge in [0.15, 0.2) is 0 Å². The van der Waals surface area contributed by atoms with Crippen LogP contribution in [0, 0.1) is 0 Å². The molecule has 0 aliphatic carbocycles. The van der Waals surface area contributed by atoms with E-state index in [-0.39, 0.29) is 12.5 Å². The van der Waals surface area contributed by atoms with E-state index in [1.165, 1.54) is 5.56 Å². The zero-order valence-corrected chi connectivity index (χ0v) is 9.03. The van der Waals surface area contributed by atoms with Gasteiger partial charge in [0.2, 0.25) is 0 Å². The molecule has 0 saturated carbocycles. The number of aryl methyl sites for hydroxylation is 1. The summed E-state index contributed by atoms with van der Waals surface area (Å²) in [7, 11) is 0. The summed E-state index contributed by atoms with van der Waals surface area (Å²) in [5.74, 6) is -1.01. The highest BCUT2D eigenvalue weighted by Gasteiger charge is 2.08. The number of hydrogen-bond donors (Lipinski definition) is 1. The van der Waals surface area contributed by atoms with Gasteiger partial charge in [-0.2, -0.15) is 0 Å². The Morgan fingerprint density at radius 1 is 1.40 bits per heavy atom. The number of rotatable bonds is 5. The molecule has 1 aromatic carbocycles. The summed E-state index contributed by atoms with van der Waals surface area (Å²) in [6.07, 6.45) is 1.62. The van der Waals surface area contributed by atoms with Gasteiger partial charge in [-0.1, -0.05) is 31.2 Å². The second-order valence-electron chi connectivity index (χ2n) is 3.70. The summed E-state index contributed by atoms with van der Waals surface area (Å²) < 4.78 is 0. The van der Waals surface area contributed by atoms with E-state index in [4.69, 9.17) is 0 Å². The Labute approximate surface area is 89.9 Å². The predicted octanol–water partition coefficient (Wildman–Crippen LogP) is 0.0621. The van der Waals surface area contributed by atoms with Crippen molar-refractivity contribution in [2.45, 2.75) is 32.2 Å². The van der Waals surface area contributed by atoms with Crippen molar-refractivity contribution in [2.75, 3.05) is 0 Å². The standard InChI is InChI=1S/C12H17NO2/c1-2-9-3-5-10(6-4-9)11(13)7-8-12(14)15/h3-6,11H,2,7-8,13H2,1H3,(H,14,15)/t11-/m1/s1. The molecule has 0 saturated heterocycles. The molecular formula is C12H17NO2. The van der Waals surface area contributed by atoms with E-state index in [0.717, 1.165) is 12.0 Å². The van der Waals surface area contributed by atoms with Crippen LogP contribution in [0.5, 0.6) is 0 Å². The summed E-state index contributed by atoms with van der Waals surface area (Å²) in [6.45, 7) is 2.10. The smallest absolute Gasteiger partial charge is 0.110 e. The first kappa shape index (κ1) is 11.7. The van der Waals surface area contributed by atoms with E-state index in [0.29, 0.717) is 6.42 Å². The molecule has 0 fully saturated rings. The van der Waals surface area contributed by atoms with Gasteiger partial charge in [0.25, 0.3) is 0 Å². The highest BCUT2D eigenvalue weighted by atomic mass is 16.4. The number of carboxylic acids is 1. The van der Waals surface area contributed by atoms with Gasteiger partial charge in [0.1, 0.15) is 6.04 Å². The van der Waals surface area contributed by atoms with Crippen molar-refractivity contribution in [3.63, 3.8) is 0 Å². The van der Waals surface area contributed by atoms with Crippen molar-refractivity contribution in [1.29, 1.82) is 0 Å².